The summed E-state index contributed by atoms with van der Waals surface area (Å²) in [5.41, 5.74) is 6.04. The van der Waals surface area contributed by atoms with Gasteiger partial charge in [-0.25, -0.2) is 4.79 Å². The minimum Gasteiger partial charge on any atom is -0.368 e. The van der Waals surface area contributed by atoms with Gasteiger partial charge in [0.15, 0.2) is 0 Å². The molecule has 1 aromatic heterocycles. The number of rotatable bonds is 6. The van der Waals surface area contributed by atoms with Crippen LogP contribution in [-0.4, -0.2) is 27.8 Å². The maximum Gasteiger partial charge on any atom is 0.319 e. The van der Waals surface area contributed by atoms with Gasteiger partial charge < -0.3 is 16.4 Å². The van der Waals surface area contributed by atoms with E-state index in [2.05, 4.69) is 36.5 Å². The number of hydrogen-bond donors (Lipinski definition) is 3. The molecule has 0 aromatic carbocycles. The molecule has 1 aromatic rings. The largest absolute Gasteiger partial charge is 0.368 e. The Morgan fingerprint density at radius 2 is 2.00 bits per heavy atom. The van der Waals surface area contributed by atoms with Crippen molar-refractivity contribution in [2.24, 2.45) is 17.1 Å². The van der Waals surface area contributed by atoms with Crippen molar-refractivity contribution in [2.45, 2.75) is 65.5 Å². The highest BCUT2D eigenvalue weighted by atomic mass is 16.2. The Hall–Kier alpha value is -2.05. The van der Waals surface area contributed by atoms with Crippen LogP contribution in [0.1, 0.15) is 52.9 Å². The number of nitrogens with zero attached hydrogens (tertiary/aromatic N) is 2. The minimum absolute atomic E-state index is 0.000522. The first-order valence-electron chi connectivity index (χ1n) is 8.68. The lowest BCUT2D eigenvalue weighted by molar-refractivity contribution is -0.118. The van der Waals surface area contributed by atoms with E-state index >= 15 is 0 Å². The van der Waals surface area contributed by atoms with E-state index < -0.39 is 5.91 Å². The normalized spacial score (nSPS) is 21.3. The Kier molecular flexibility index (Phi) is 5.85. The van der Waals surface area contributed by atoms with E-state index in [9.17, 15) is 9.59 Å². The Morgan fingerprint density at radius 1 is 1.33 bits per heavy atom. The third-order valence-corrected chi connectivity index (χ3v) is 5.29. The van der Waals surface area contributed by atoms with Crippen molar-refractivity contribution in [2.75, 3.05) is 5.32 Å². The molecule has 0 atom stereocenters. The van der Waals surface area contributed by atoms with Crippen molar-refractivity contribution in [3.63, 3.8) is 0 Å². The van der Waals surface area contributed by atoms with Crippen LogP contribution in [0, 0.1) is 11.3 Å². The molecule has 0 aliphatic heterocycles. The Morgan fingerprint density at radius 3 is 2.58 bits per heavy atom. The van der Waals surface area contributed by atoms with Gasteiger partial charge in [0.25, 0.3) is 0 Å². The molecular formula is C17H29N5O2. The first kappa shape index (κ1) is 18.3. The lowest BCUT2D eigenvalue weighted by atomic mass is 9.69. The second-order valence-electron chi connectivity index (χ2n) is 7.38. The number of nitrogens with one attached hydrogen (secondary N) is 2. The van der Waals surface area contributed by atoms with Crippen LogP contribution in [0.4, 0.5) is 10.5 Å². The van der Waals surface area contributed by atoms with Gasteiger partial charge in [0.05, 0.1) is 11.9 Å². The van der Waals surface area contributed by atoms with Crippen LogP contribution in [-0.2, 0) is 11.3 Å². The Labute approximate surface area is 143 Å². The predicted molar refractivity (Wildman–Crippen MR) is 93.4 cm³/mol. The van der Waals surface area contributed by atoms with Crippen LogP contribution >= 0.6 is 0 Å². The summed E-state index contributed by atoms with van der Waals surface area (Å²) in [5, 5.41) is 9.75. The molecule has 2 rings (SSSR count). The van der Waals surface area contributed by atoms with Gasteiger partial charge in [-0.2, -0.15) is 5.10 Å². The number of nitrogens with two attached hydrogens (primary N) is 1. The molecule has 0 radical (unpaired) electrons. The third-order valence-electron chi connectivity index (χ3n) is 5.29. The first-order chi connectivity index (χ1) is 11.3. The topological polar surface area (TPSA) is 102 Å². The number of amides is 3. The van der Waals surface area contributed by atoms with E-state index in [1.165, 1.54) is 17.3 Å². The number of primary amides is 1. The SMILES string of the molecule is CCC(C)(C)C1CCC(NC(=O)Nc2cnn(CC(N)=O)c2)CC1. The molecular weight excluding hydrogens is 306 g/mol. The molecule has 1 heterocycles. The number of carbonyl (C=O) groups excluding carboxylic acids is 2. The summed E-state index contributed by atoms with van der Waals surface area (Å²) in [6.07, 6.45) is 8.62. The molecule has 0 bridgehead atoms. The monoisotopic (exact) mass is 335 g/mol. The quantitative estimate of drug-likeness (QED) is 0.744. The summed E-state index contributed by atoms with van der Waals surface area (Å²) in [6.45, 7) is 6.92. The highest BCUT2D eigenvalue weighted by Crippen LogP contribution is 2.40. The molecule has 134 valence electrons. The maximum absolute atomic E-state index is 12.1. The zero-order valence-corrected chi connectivity index (χ0v) is 14.8. The van der Waals surface area contributed by atoms with Crippen LogP contribution in [0.15, 0.2) is 12.4 Å². The fourth-order valence-electron chi connectivity index (χ4n) is 3.33. The predicted octanol–water partition coefficient (Wildman–Crippen LogP) is 2.48. The molecule has 24 heavy (non-hydrogen) atoms. The summed E-state index contributed by atoms with van der Waals surface area (Å²) in [6, 6.07) is -0.0126. The number of aromatic nitrogens is 2. The molecule has 0 unspecified atom stereocenters. The highest BCUT2D eigenvalue weighted by molar-refractivity contribution is 5.89. The number of hydrogen-bond acceptors (Lipinski definition) is 3. The number of anilines is 1. The van der Waals surface area contributed by atoms with Gasteiger partial charge in [-0.05, 0) is 37.0 Å². The average Bonchev–Trinajstić information content (AvgIpc) is 2.93. The van der Waals surface area contributed by atoms with E-state index in [0.717, 1.165) is 31.6 Å². The number of urea groups is 1. The van der Waals surface area contributed by atoms with Crippen LogP contribution in [0.5, 0.6) is 0 Å². The summed E-state index contributed by atoms with van der Waals surface area (Å²) in [7, 11) is 0. The van der Waals surface area contributed by atoms with E-state index in [0.29, 0.717) is 11.1 Å². The van der Waals surface area contributed by atoms with Crippen molar-refractivity contribution >= 4 is 17.6 Å². The van der Waals surface area contributed by atoms with Crippen molar-refractivity contribution in [3.05, 3.63) is 12.4 Å². The van der Waals surface area contributed by atoms with Gasteiger partial charge in [-0.15, -0.1) is 0 Å². The van der Waals surface area contributed by atoms with Crippen molar-refractivity contribution in [3.8, 4) is 0 Å². The highest BCUT2D eigenvalue weighted by Gasteiger charge is 2.32. The molecule has 7 heteroatoms. The van der Waals surface area contributed by atoms with Crippen LogP contribution in [0.2, 0.25) is 0 Å². The van der Waals surface area contributed by atoms with Gasteiger partial charge >= 0.3 is 6.03 Å². The fraction of sp³-hybridized carbons (Fsp3) is 0.706. The lowest BCUT2D eigenvalue weighted by Gasteiger charge is -2.39. The minimum atomic E-state index is -0.471. The smallest absolute Gasteiger partial charge is 0.319 e. The molecule has 0 saturated heterocycles. The molecule has 7 nitrogen and oxygen atoms in total. The fourth-order valence-corrected chi connectivity index (χ4v) is 3.33. The Bertz CT molecular complexity index is 573. The molecule has 0 spiro atoms. The lowest BCUT2D eigenvalue weighted by Crippen LogP contribution is -2.41. The molecule has 4 N–H and O–H groups in total. The van der Waals surface area contributed by atoms with E-state index in [1.807, 2.05) is 0 Å². The zero-order valence-electron chi connectivity index (χ0n) is 14.8. The van der Waals surface area contributed by atoms with Gasteiger partial charge in [0.2, 0.25) is 5.91 Å². The standard InChI is InChI=1S/C17H29N5O2/c1-4-17(2,3)12-5-7-13(8-6-12)20-16(24)21-14-9-19-22(10-14)11-15(18)23/h9-10,12-13H,4-8,11H2,1-3H3,(H2,18,23)(H2,20,21,24). The van der Waals surface area contributed by atoms with Gasteiger partial charge in [0, 0.05) is 12.2 Å². The molecule has 1 saturated carbocycles. The molecule has 1 fully saturated rings. The second kappa shape index (κ2) is 7.68. The summed E-state index contributed by atoms with van der Waals surface area (Å²) < 4.78 is 1.40. The summed E-state index contributed by atoms with van der Waals surface area (Å²) >= 11 is 0. The van der Waals surface area contributed by atoms with Gasteiger partial charge in [0.1, 0.15) is 6.54 Å². The third kappa shape index (κ3) is 4.97. The van der Waals surface area contributed by atoms with Gasteiger partial charge in [-0.3, -0.25) is 9.48 Å². The van der Waals surface area contributed by atoms with Crippen molar-refractivity contribution in [1.29, 1.82) is 0 Å². The van der Waals surface area contributed by atoms with Crippen LogP contribution in [0.3, 0.4) is 0 Å². The van der Waals surface area contributed by atoms with Gasteiger partial charge in [-0.1, -0.05) is 27.2 Å². The molecule has 1 aliphatic rings. The van der Waals surface area contributed by atoms with E-state index in [-0.39, 0.29) is 18.6 Å². The van der Waals surface area contributed by atoms with Crippen molar-refractivity contribution < 1.29 is 9.59 Å². The average molecular weight is 335 g/mol. The van der Waals surface area contributed by atoms with E-state index in [1.54, 1.807) is 6.20 Å². The maximum atomic E-state index is 12.1. The molecule has 1 aliphatic carbocycles. The van der Waals surface area contributed by atoms with E-state index in [4.69, 9.17) is 5.73 Å². The van der Waals surface area contributed by atoms with Crippen LogP contribution < -0.4 is 16.4 Å². The van der Waals surface area contributed by atoms with Crippen LogP contribution in [0.25, 0.3) is 0 Å². The molecule has 3 amide bonds. The van der Waals surface area contributed by atoms with Crippen molar-refractivity contribution in [1.82, 2.24) is 15.1 Å². The second-order valence-corrected chi connectivity index (χ2v) is 7.38. The summed E-state index contributed by atoms with van der Waals surface area (Å²) in [4.78, 5) is 22.9. The summed E-state index contributed by atoms with van der Waals surface area (Å²) in [5.74, 6) is 0.261. The first-order valence-corrected chi connectivity index (χ1v) is 8.68. The number of carbonyl (C=O) groups is 2. The zero-order chi connectivity index (χ0) is 17.7. The Balaban J connectivity index is 1.77.